The number of anilines is 2. The van der Waals surface area contributed by atoms with Crippen molar-refractivity contribution in [1.82, 2.24) is 5.32 Å². The Hall–Kier alpha value is -1.76. The predicted molar refractivity (Wildman–Crippen MR) is 76.8 cm³/mol. The first-order valence-electron chi connectivity index (χ1n) is 6.00. The number of hydrogen-bond acceptors (Lipinski definition) is 6. The highest BCUT2D eigenvalue weighted by Crippen LogP contribution is 2.36. The van der Waals surface area contributed by atoms with Crippen LogP contribution in [0.5, 0.6) is 0 Å². The lowest BCUT2D eigenvalue weighted by Crippen LogP contribution is -2.18. The minimum atomic E-state index is -0.519. The van der Waals surface area contributed by atoms with Gasteiger partial charge in [0.2, 0.25) is 0 Å². The number of hydrogen-bond donors (Lipinski definition) is 3. The monoisotopic (exact) mass is 285 g/mol. The molecule has 0 unspecified atom stereocenters. The highest BCUT2D eigenvalue weighted by molar-refractivity contribution is 7.19. The number of nitrogens with two attached hydrogens (primary N) is 1. The minimum Gasteiger partial charge on any atom is -0.462 e. The molecule has 0 aliphatic carbocycles. The number of nitrogen functional groups attached to an aromatic ring is 1. The average Bonchev–Trinajstić information content (AvgIpc) is 2.64. The van der Waals surface area contributed by atoms with E-state index in [9.17, 15) is 9.59 Å². The smallest absolute Gasteiger partial charge is 0.343 e. The van der Waals surface area contributed by atoms with Crippen LogP contribution in [0.3, 0.4) is 0 Å². The molecule has 0 bridgehead atoms. The Labute approximate surface area is 116 Å². The first-order valence-corrected chi connectivity index (χ1v) is 6.81. The lowest BCUT2D eigenvalue weighted by atomic mass is 10.2. The second-order valence-electron chi connectivity index (χ2n) is 4.15. The molecule has 0 aliphatic rings. The summed E-state index contributed by atoms with van der Waals surface area (Å²) in [5.74, 6) is -0.834. The van der Waals surface area contributed by atoms with Gasteiger partial charge in [-0.2, -0.15) is 0 Å². The second kappa shape index (κ2) is 6.42. The molecule has 106 valence electrons. The molecule has 6 nitrogen and oxygen atoms in total. The molecule has 0 aliphatic heterocycles. The van der Waals surface area contributed by atoms with Gasteiger partial charge in [0.05, 0.1) is 12.3 Å². The van der Waals surface area contributed by atoms with Gasteiger partial charge in [0.15, 0.2) is 0 Å². The molecule has 1 aromatic heterocycles. The summed E-state index contributed by atoms with van der Waals surface area (Å²) in [5.41, 5.74) is 6.29. The van der Waals surface area contributed by atoms with Crippen molar-refractivity contribution in [1.29, 1.82) is 0 Å². The number of esters is 1. The maximum absolute atomic E-state index is 11.9. The summed E-state index contributed by atoms with van der Waals surface area (Å²) in [4.78, 5) is 23.9. The number of amides is 1. The Morgan fingerprint density at radius 1 is 1.42 bits per heavy atom. The van der Waals surface area contributed by atoms with Crippen LogP contribution >= 0.6 is 11.3 Å². The summed E-state index contributed by atoms with van der Waals surface area (Å²) < 4.78 is 4.97. The van der Waals surface area contributed by atoms with E-state index in [0.29, 0.717) is 9.88 Å². The van der Waals surface area contributed by atoms with E-state index in [2.05, 4.69) is 10.6 Å². The Bertz CT molecular complexity index is 483. The molecule has 1 aromatic rings. The first kappa shape index (κ1) is 15.3. The topological polar surface area (TPSA) is 93.4 Å². The van der Waals surface area contributed by atoms with E-state index < -0.39 is 5.97 Å². The largest absolute Gasteiger partial charge is 0.462 e. The molecule has 1 heterocycles. The molecular formula is C12H19N3O3S. The molecule has 0 aromatic carbocycles. The zero-order valence-corrected chi connectivity index (χ0v) is 12.3. The van der Waals surface area contributed by atoms with Crippen LogP contribution < -0.4 is 16.4 Å². The summed E-state index contributed by atoms with van der Waals surface area (Å²) >= 11 is 1.15. The number of thiophene rings is 1. The Morgan fingerprint density at radius 2 is 2.05 bits per heavy atom. The van der Waals surface area contributed by atoms with Crippen molar-refractivity contribution in [2.45, 2.75) is 26.8 Å². The van der Waals surface area contributed by atoms with Crippen LogP contribution in [0.2, 0.25) is 0 Å². The summed E-state index contributed by atoms with van der Waals surface area (Å²) in [6.45, 7) is 5.84. The fourth-order valence-electron chi connectivity index (χ4n) is 1.50. The molecule has 0 atom stereocenters. The van der Waals surface area contributed by atoms with Crippen LogP contribution in [0.1, 0.15) is 40.8 Å². The van der Waals surface area contributed by atoms with Crippen LogP contribution in [0.4, 0.5) is 10.7 Å². The SMILES string of the molecule is CCOC(=O)c1c(NC(C)C)sc(C(=O)NC)c1N. The third-order valence-corrected chi connectivity index (χ3v) is 3.41. The van der Waals surface area contributed by atoms with Gasteiger partial charge in [-0.25, -0.2) is 4.79 Å². The van der Waals surface area contributed by atoms with Crippen LogP contribution in [0.15, 0.2) is 0 Å². The number of carbonyl (C=O) groups is 2. The van der Waals surface area contributed by atoms with Crippen molar-refractivity contribution in [2.75, 3.05) is 24.7 Å². The lowest BCUT2D eigenvalue weighted by Gasteiger charge is -2.10. The molecule has 0 saturated carbocycles. The van der Waals surface area contributed by atoms with Gasteiger partial charge < -0.3 is 21.1 Å². The number of ether oxygens (including phenoxy) is 1. The third-order valence-electron chi connectivity index (χ3n) is 2.28. The Balaban J connectivity index is 3.27. The average molecular weight is 285 g/mol. The van der Waals surface area contributed by atoms with Crippen molar-refractivity contribution in [2.24, 2.45) is 0 Å². The maximum Gasteiger partial charge on any atom is 0.343 e. The van der Waals surface area contributed by atoms with Gasteiger partial charge in [-0.05, 0) is 20.8 Å². The molecular weight excluding hydrogens is 266 g/mol. The highest BCUT2D eigenvalue weighted by Gasteiger charge is 2.26. The number of nitrogens with one attached hydrogen (secondary N) is 2. The molecule has 4 N–H and O–H groups in total. The lowest BCUT2D eigenvalue weighted by molar-refractivity contribution is 0.0529. The summed E-state index contributed by atoms with van der Waals surface area (Å²) in [7, 11) is 1.51. The molecule has 1 amide bonds. The maximum atomic E-state index is 11.9. The minimum absolute atomic E-state index is 0.115. The molecule has 0 spiro atoms. The zero-order valence-electron chi connectivity index (χ0n) is 11.5. The van der Waals surface area contributed by atoms with Crippen LogP contribution in [-0.4, -0.2) is 31.6 Å². The van der Waals surface area contributed by atoms with Crippen LogP contribution in [-0.2, 0) is 4.74 Å². The summed E-state index contributed by atoms with van der Waals surface area (Å²) in [5, 5.41) is 6.17. The third kappa shape index (κ3) is 3.37. The van der Waals surface area contributed by atoms with E-state index in [1.807, 2.05) is 13.8 Å². The van der Waals surface area contributed by atoms with Crippen molar-refractivity contribution < 1.29 is 14.3 Å². The van der Waals surface area contributed by atoms with E-state index in [1.165, 1.54) is 7.05 Å². The molecule has 19 heavy (non-hydrogen) atoms. The van der Waals surface area contributed by atoms with E-state index in [-0.39, 0.29) is 29.8 Å². The normalized spacial score (nSPS) is 10.4. The Kier molecular flexibility index (Phi) is 5.17. The molecule has 1 rings (SSSR count). The van der Waals surface area contributed by atoms with E-state index in [1.54, 1.807) is 6.92 Å². The predicted octanol–water partition coefficient (Wildman–Crippen LogP) is 1.69. The molecule has 0 radical (unpaired) electrons. The van der Waals surface area contributed by atoms with Crippen molar-refractivity contribution in [3.05, 3.63) is 10.4 Å². The van der Waals surface area contributed by atoms with Crippen molar-refractivity contribution >= 4 is 33.9 Å². The number of carbonyl (C=O) groups excluding carboxylic acids is 2. The fraction of sp³-hybridized carbons (Fsp3) is 0.500. The second-order valence-corrected chi connectivity index (χ2v) is 5.17. The summed E-state index contributed by atoms with van der Waals surface area (Å²) in [6.07, 6.45) is 0. The number of rotatable bonds is 5. The quantitative estimate of drug-likeness (QED) is 0.716. The van der Waals surface area contributed by atoms with Gasteiger partial charge in [0.25, 0.3) is 5.91 Å². The van der Waals surface area contributed by atoms with Gasteiger partial charge in [0, 0.05) is 13.1 Å². The zero-order chi connectivity index (χ0) is 14.6. The van der Waals surface area contributed by atoms with Crippen LogP contribution in [0.25, 0.3) is 0 Å². The standard InChI is InChI=1S/C12H19N3O3S/c1-5-18-12(17)7-8(13)9(10(16)14-4)19-11(7)15-6(2)3/h6,15H,5,13H2,1-4H3,(H,14,16). The van der Waals surface area contributed by atoms with E-state index >= 15 is 0 Å². The fourth-order valence-corrected chi connectivity index (χ4v) is 2.70. The Morgan fingerprint density at radius 3 is 2.53 bits per heavy atom. The molecule has 7 heteroatoms. The van der Waals surface area contributed by atoms with E-state index in [0.717, 1.165) is 11.3 Å². The van der Waals surface area contributed by atoms with E-state index in [4.69, 9.17) is 10.5 Å². The molecule has 0 fully saturated rings. The van der Waals surface area contributed by atoms with Crippen molar-refractivity contribution in [3.63, 3.8) is 0 Å². The van der Waals surface area contributed by atoms with Gasteiger partial charge in [-0.3, -0.25) is 4.79 Å². The van der Waals surface area contributed by atoms with Gasteiger partial charge in [-0.15, -0.1) is 11.3 Å². The van der Waals surface area contributed by atoms with Crippen molar-refractivity contribution in [3.8, 4) is 0 Å². The van der Waals surface area contributed by atoms with Gasteiger partial charge >= 0.3 is 5.97 Å². The van der Waals surface area contributed by atoms with Gasteiger partial charge in [0.1, 0.15) is 15.4 Å². The van der Waals surface area contributed by atoms with Crippen LogP contribution in [0, 0.1) is 0 Å². The summed E-state index contributed by atoms with van der Waals surface area (Å²) in [6, 6.07) is 0.115. The van der Waals surface area contributed by atoms with Gasteiger partial charge in [-0.1, -0.05) is 0 Å². The molecule has 0 saturated heterocycles. The first-order chi connectivity index (χ1) is 8.92. The highest BCUT2D eigenvalue weighted by atomic mass is 32.1.